The van der Waals surface area contributed by atoms with Gasteiger partial charge in [-0.25, -0.2) is 0 Å². The van der Waals surface area contributed by atoms with Crippen LogP contribution < -0.4 is 11.1 Å². The van der Waals surface area contributed by atoms with E-state index in [0.29, 0.717) is 28.9 Å². The number of allylic oxidation sites excluding steroid dienone is 1. The van der Waals surface area contributed by atoms with Crippen LogP contribution in [0.5, 0.6) is 0 Å². The van der Waals surface area contributed by atoms with Crippen LogP contribution in [0, 0.1) is 46.3 Å². The highest BCUT2D eigenvalue weighted by molar-refractivity contribution is 5.26. The van der Waals surface area contributed by atoms with E-state index in [1.807, 2.05) is 0 Å². The fourth-order valence-corrected chi connectivity index (χ4v) is 9.89. The second kappa shape index (κ2) is 6.58. The van der Waals surface area contributed by atoms with Crippen LogP contribution in [-0.2, 0) is 4.74 Å². The van der Waals surface area contributed by atoms with Gasteiger partial charge in [-0.3, -0.25) is 5.32 Å². The largest absolute Gasteiger partial charge is 0.357 e. The van der Waals surface area contributed by atoms with Crippen molar-refractivity contribution in [3.05, 3.63) is 11.6 Å². The van der Waals surface area contributed by atoms with Gasteiger partial charge in [-0.05, 0) is 98.2 Å². The van der Waals surface area contributed by atoms with E-state index in [1.165, 1.54) is 51.4 Å². The van der Waals surface area contributed by atoms with E-state index in [2.05, 4.69) is 39.1 Å². The van der Waals surface area contributed by atoms with Crippen molar-refractivity contribution in [3.8, 4) is 0 Å². The highest BCUT2D eigenvalue weighted by Gasteiger charge is 2.68. The lowest BCUT2D eigenvalue weighted by Gasteiger charge is -2.58. The predicted molar refractivity (Wildman–Crippen MR) is 122 cm³/mol. The van der Waals surface area contributed by atoms with E-state index >= 15 is 0 Å². The van der Waals surface area contributed by atoms with Crippen molar-refractivity contribution in [1.82, 2.24) is 5.32 Å². The van der Waals surface area contributed by atoms with E-state index in [4.69, 9.17) is 10.5 Å². The van der Waals surface area contributed by atoms with Gasteiger partial charge in [-0.1, -0.05) is 39.3 Å². The molecule has 5 fully saturated rings. The Bertz CT molecular complexity index is 739. The zero-order valence-corrected chi connectivity index (χ0v) is 19.8. The maximum absolute atomic E-state index is 7.01. The van der Waals surface area contributed by atoms with Crippen LogP contribution >= 0.6 is 0 Å². The van der Waals surface area contributed by atoms with Gasteiger partial charge in [0.05, 0.1) is 6.10 Å². The van der Waals surface area contributed by atoms with Gasteiger partial charge in [0.15, 0.2) is 0 Å². The summed E-state index contributed by atoms with van der Waals surface area (Å²) in [5.74, 6) is 4.75. The van der Waals surface area contributed by atoms with Crippen molar-refractivity contribution in [2.24, 2.45) is 52.1 Å². The average Bonchev–Trinajstić information content (AvgIpc) is 3.16. The van der Waals surface area contributed by atoms with E-state index in [0.717, 1.165) is 42.6 Å². The topological polar surface area (TPSA) is 47.3 Å². The molecule has 6 aliphatic rings. The highest BCUT2D eigenvalue weighted by atomic mass is 16.5. The summed E-state index contributed by atoms with van der Waals surface area (Å²) in [4.78, 5) is 0. The van der Waals surface area contributed by atoms with Crippen LogP contribution in [0.1, 0.15) is 85.5 Å². The molecule has 3 N–H and O–H groups in total. The van der Waals surface area contributed by atoms with Gasteiger partial charge in [0, 0.05) is 18.5 Å². The van der Waals surface area contributed by atoms with E-state index in [1.54, 1.807) is 5.57 Å². The van der Waals surface area contributed by atoms with Gasteiger partial charge in [0.25, 0.3) is 0 Å². The third-order valence-corrected chi connectivity index (χ3v) is 11.6. The van der Waals surface area contributed by atoms with Crippen molar-refractivity contribution in [2.75, 3.05) is 6.54 Å². The summed E-state index contributed by atoms with van der Waals surface area (Å²) in [6.45, 7) is 11.3. The standard InChI is InChI=1S/C27H44N2O/c1-16-7-12-27(29-15-16)17(2)24-23(30-27)14-22-20-6-5-18-13-19(28)8-10-25(18,3)21(20)9-11-26(22,24)4/h5,16-17,19-24,29H,6-15,28H2,1-4H3/t16-,17-,19+,20+,21-,22-,23-,24-,25-,26-,27-/m0/s1. The summed E-state index contributed by atoms with van der Waals surface area (Å²) >= 11 is 0. The molecule has 11 atom stereocenters. The Morgan fingerprint density at radius 3 is 2.67 bits per heavy atom. The molecular weight excluding hydrogens is 368 g/mol. The molecule has 2 heterocycles. The maximum atomic E-state index is 7.01. The summed E-state index contributed by atoms with van der Waals surface area (Å²) in [6.07, 6.45) is 14.8. The van der Waals surface area contributed by atoms with Gasteiger partial charge < -0.3 is 10.5 Å². The fraction of sp³-hybridized carbons (Fsp3) is 0.926. The molecule has 3 nitrogen and oxygen atoms in total. The monoisotopic (exact) mass is 412 g/mol. The molecule has 4 aliphatic carbocycles. The first-order chi connectivity index (χ1) is 14.3. The molecule has 0 amide bonds. The van der Waals surface area contributed by atoms with Crippen molar-refractivity contribution in [2.45, 2.75) is 103 Å². The minimum Gasteiger partial charge on any atom is -0.357 e. The lowest BCUT2D eigenvalue weighted by Crippen LogP contribution is -2.57. The van der Waals surface area contributed by atoms with Gasteiger partial charge in [-0.15, -0.1) is 0 Å². The summed E-state index contributed by atoms with van der Waals surface area (Å²) < 4.78 is 7.01. The molecule has 0 aromatic rings. The smallest absolute Gasteiger partial charge is 0.122 e. The number of hydrogen-bond donors (Lipinski definition) is 2. The normalized spacial score (nSPS) is 59.8. The molecule has 0 bridgehead atoms. The molecule has 0 aromatic heterocycles. The SMILES string of the molecule is C[C@H]1CC[C@]2(NC1)O[C@H]1C[C@H]3[C@@H]4CC=C5C[C@H](N)CC[C@]5(C)[C@H]4CC[C@]3(C)[C@H]1[C@@H]2C. The number of hydrogen-bond acceptors (Lipinski definition) is 3. The first-order valence-corrected chi connectivity index (χ1v) is 13.1. The zero-order chi connectivity index (χ0) is 20.9. The number of nitrogens with two attached hydrogens (primary N) is 1. The highest BCUT2D eigenvalue weighted by Crippen LogP contribution is 2.70. The summed E-state index contributed by atoms with van der Waals surface area (Å²) in [5, 5.41) is 3.90. The predicted octanol–water partition coefficient (Wildman–Crippen LogP) is 5.25. The molecular formula is C27H44N2O. The molecule has 6 rings (SSSR count). The molecule has 0 aromatic carbocycles. The zero-order valence-electron chi connectivity index (χ0n) is 19.8. The Morgan fingerprint density at radius 1 is 1.07 bits per heavy atom. The van der Waals surface area contributed by atoms with Crippen LogP contribution in [0.4, 0.5) is 0 Å². The second-order valence-electron chi connectivity index (χ2n) is 12.9. The molecule has 0 radical (unpaired) electrons. The Balaban J connectivity index is 1.28. The number of piperidine rings is 1. The number of ether oxygens (including phenoxy) is 1. The summed E-state index contributed by atoms with van der Waals surface area (Å²) in [7, 11) is 0. The van der Waals surface area contributed by atoms with Crippen molar-refractivity contribution >= 4 is 0 Å². The molecule has 0 unspecified atom stereocenters. The molecule has 3 heteroatoms. The molecule has 168 valence electrons. The van der Waals surface area contributed by atoms with Gasteiger partial charge >= 0.3 is 0 Å². The molecule has 1 spiro atoms. The molecule has 3 saturated carbocycles. The van der Waals surface area contributed by atoms with Gasteiger partial charge in [0.2, 0.25) is 0 Å². The summed E-state index contributed by atoms with van der Waals surface area (Å²) in [5.41, 5.74) is 8.94. The first kappa shape index (κ1) is 20.2. The van der Waals surface area contributed by atoms with Gasteiger partial charge in [0.1, 0.15) is 5.72 Å². The number of nitrogens with one attached hydrogen (secondary N) is 1. The Hall–Kier alpha value is -0.380. The van der Waals surface area contributed by atoms with E-state index in [-0.39, 0.29) is 5.72 Å². The third-order valence-electron chi connectivity index (χ3n) is 11.6. The molecule has 2 saturated heterocycles. The Morgan fingerprint density at radius 2 is 1.90 bits per heavy atom. The van der Waals surface area contributed by atoms with E-state index < -0.39 is 0 Å². The average molecular weight is 413 g/mol. The van der Waals surface area contributed by atoms with Gasteiger partial charge in [-0.2, -0.15) is 0 Å². The van der Waals surface area contributed by atoms with Crippen LogP contribution in [0.2, 0.25) is 0 Å². The number of fused-ring (bicyclic) bond motifs is 7. The lowest BCUT2D eigenvalue weighted by molar-refractivity contribution is -0.115. The summed E-state index contributed by atoms with van der Waals surface area (Å²) in [6, 6.07) is 0.400. The lowest BCUT2D eigenvalue weighted by atomic mass is 9.46. The fourth-order valence-electron chi connectivity index (χ4n) is 9.89. The Labute approximate surface area is 184 Å². The molecule has 2 aliphatic heterocycles. The van der Waals surface area contributed by atoms with Crippen LogP contribution in [0.15, 0.2) is 11.6 Å². The van der Waals surface area contributed by atoms with Crippen molar-refractivity contribution in [3.63, 3.8) is 0 Å². The first-order valence-electron chi connectivity index (χ1n) is 13.1. The van der Waals surface area contributed by atoms with Crippen molar-refractivity contribution < 1.29 is 4.74 Å². The molecule has 30 heavy (non-hydrogen) atoms. The number of rotatable bonds is 0. The minimum atomic E-state index is -0.0300. The van der Waals surface area contributed by atoms with Crippen LogP contribution in [0.25, 0.3) is 0 Å². The van der Waals surface area contributed by atoms with E-state index in [9.17, 15) is 0 Å². The second-order valence-corrected chi connectivity index (χ2v) is 12.9. The van der Waals surface area contributed by atoms with Crippen LogP contribution in [-0.4, -0.2) is 24.4 Å². The third kappa shape index (κ3) is 2.55. The van der Waals surface area contributed by atoms with Crippen molar-refractivity contribution in [1.29, 1.82) is 0 Å². The maximum Gasteiger partial charge on any atom is 0.122 e. The van der Waals surface area contributed by atoms with Crippen LogP contribution in [0.3, 0.4) is 0 Å². The quantitative estimate of drug-likeness (QED) is 0.534. The Kier molecular flexibility index (Phi) is 4.44. The minimum absolute atomic E-state index is 0.0300.